The van der Waals surface area contributed by atoms with Crippen molar-refractivity contribution in [3.63, 3.8) is 0 Å². The summed E-state index contributed by atoms with van der Waals surface area (Å²) < 4.78 is 48.4. The summed E-state index contributed by atoms with van der Waals surface area (Å²) >= 11 is 0. The molecule has 0 spiro atoms. The van der Waals surface area contributed by atoms with E-state index in [9.17, 15) is 13.2 Å². The number of unbranched alkanes of at least 4 members (excludes halogenated alkanes) is 3. The van der Waals surface area contributed by atoms with Crippen molar-refractivity contribution < 1.29 is 22.6 Å². The fraction of sp³-hybridized carbons (Fsp3) is 1.00. The molecule has 1 heterocycles. The van der Waals surface area contributed by atoms with Gasteiger partial charge in [-0.1, -0.05) is 32.6 Å². The van der Waals surface area contributed by atoms with Gasteiger partial charge in [0, 0.05) is 0 Å². The van der Waals surface area contributed by atoms with Gasteiger partial charge in [-0.05, 0) is 20.3 Å². The van der Waals surface area contributed by atoms with E-state index in [2.05, 4.69) is 6.92 Å². The quantitative estimate of drug-likeness (QED) is 0.689. The van der Waals surface area contributed by atoms with Crippen LogP contribution in [0.15, 0.2) is 0 Å². The highest BCUT2D eigenvalue weighted by molar-refractivity contribution is 4.86. The van der Waals surface area contributed by atoms with Gasteiger partial charge in [0.15, 0.2) is 11.9 Å². The van der Waals surface area contributed by atoms with Gasteiger partial charge in [-0.25, -0.2) is 0 Å². The number of rotatable bonds is 5. The fourth-order valence-electron chi connectivity index (χ4n) is 2.10. The molecule has 0 aromatic rings. The first-order valence-corrected chi connectivity index (χ1v) is 6.18. The predicted octanol–water partition coefficient (Wildman–Crippen LogP) is 4.04. The van der Waals surface area contributed by atoms with E-state index in [4.69, 9.17) is 9.47 Å². The molecule has 1 aliphatic rings. The van der Waals surface area contributed by atoms with Crippen LogP contribution in [0.1, 0.15) is 52.9 Å². The van der Waals surface area contributed by atoms with Crippen molar-refractivity contribution in [1.29, 1.82) is 0 Å². The van der Waals surface area contributed by atoms with Crippen molar-refractivity contribution in [2.24, 2.45) is 0 Å². The molecule has 0 unspecified atom stereocenters. The topological polar surface area (TPSA) is 18.5 Å². The van der Waals surface area contributed by atoms with Crippen LogP contribution in [0.25, 0.3) is 0 Å². The van der Waals surface area contributed by atoms with Gasteiger partial charge in [0.25, 0.3) is 0 Å². The molecule has 102 valence electrons. The lowest BCUT2D eigenvalue weighted by Gasteiger charge is -2.19. The maximum Gasteiger partial charge on any atom is 0.417 e. The van der Waals surface area contributed by atoms with Gasteiger partial charge in [0.1, 0.15) is 0 Å². The van der Waals surface area contributed by atoms with Crippen molar-refractivity contribution in [3.8, 4) is 0 Å². The molecular weight excluding hydrogens is 233 g/mol. The number of halogens is 3. The average molecular weight is 254 g/mol. The Bertz CT molecular complexity index is 238. The smallest absolute Gasteiger partial charge is 0.344 e. The van der Waals surface area contributed by atoms with Gasteiger partial charge in [0.2, 0.25) is 0 Å². The third-order valence-electron chi connectivity index (χ3n) is 2.85. The van der Waals surface area contributed by atoms with Crippen LogP contribution in [-0.4, -0.2) is 24.2 Å². The Morgan fingerprint density at radius 2 is 1.71 bits per heavy atom. The van der Waals surface area contributed by atoms with E-state index in [-0.39, 0.29) is 0 Å². The summed E-state index contributed by atoms with van der Waals surface area (Å²) in [5.41, 5.74) is 0. The van der Waals surface area contributed by atoms with Crippen LogP contribution in [-0.2, 0) is 9.47 Å². The molecule has 0 aromatic carbocycles. The van der Waals surface area contributed by atoms with E-state index >= 15 is 0 Å². The average Bonchev–Trinajstić information content (AvgIpc) is 2.48. The molecule has 0 bridgehead atoms. The van der Waals surface area contributed by atoms with E-state index in [0.29, 0.717) is 6.42 Å². The van der Waals surface area contributed by atoms with Crippen molar-refractivity contribution in [2.75, 3.05) is 0 Å². The molecule has 0 aliphatic carbocycles. The summed E-state index contributed by atoms with van der Waals surface area (Å²) in [6, 6.07) is 0. The van der Waals surface area contributed by atoms with E-state index in [0.717, 1.165) is 25.7 Å². The predicted molar refractivity (Wildman–Crippen MR) is 58.6 cm³/mol. The number of ether oxygens (including phenoxy) is 2. The molecule has 0 amide bonds. The van der Waals surface area contributed by atoms with Gasteiger partial charge in [0.05, 0.1) is 6.10 Å². The van der Waals surface area contributed by atoms with Gasteiger partial charge < -0.3 is 9.47 Å². The molecule has 0 saturated carbocycles. The molecule has 2 nitrogen and oxygen atoms in total. The summed E-state index contributed by atoms with van der Waals surface area (Å²) in [6.07, 6.45) is -2.76. The van der Waals surface area contributed by atoms with Crippen LogP contribution in [0.3, 0.4) is 0 Å². The fourth-order valence-corrected chi connectivity index (χ4v) is 2.10. The molecular formula is C12H21F3O2. The molecule has 2 atom stereocenters. The van der Waals surface area contributed by atoms with Crippen LogP contribution in [0.4, 0.5) is 13.2 Å². The van der Waals surface area contributed by atoms with Crippen molar-refractivity contribution >= 4 is 0 Å². The Morgan fingerprint density at radius 3 is 2.24 bits per heavy atom. The molecule has 1 fully saturated rings. The molecule has 5 heteroatoms. The molecule has 1 rings (SSSR count). The maximum atomic E-state index is 12.7. The molecule has 0 aromatic heterocycles. The number of hydrogen-bond donors (Lipinski definition) is 0. The second-order valence-corrected chi connectivity index (χ2v) is 4.99. The maximum absolute atomic E-state index is 12.7. The largest absolute Gasteiger partial charge is 0.417 e. The first-order chi connectivity index (χ1) is 7.76. The summed E-state index contributed by atoms with van der Waals surface area (Å²) in [4.78, 5) is 0. The Balaban J connectivity index is 2.50. The second-order valence-electron chi connectivity index (χ2n) is 4.99. The molecule has 0 N–H and O–H groups in total. The third-order valence-corrected chi connectivity index (χ3v) is 2.85. The molecule has 0 radical (unpaired) electrons. The SMILES string of the molecule is CCCCCC[C@@H]1OC(C)(C)O[C@H]1C(F)(F)F. The van der Waals surface area contributed by atoms with Crippen LogP contribution in [0.2, 0.25) is 0 Å². The van der Waals surface area contributed by atoms with Gasteiger partial charge in [-0.3, -0.25) is 0 Å². The monoisotopic (exact) mass is 254 g/mol. The standard InChI is InChI=1S/C12H21F3O2/c1-4-5-6-7-8-9-10(12(13,14)15)17-11(2,3)16-9/h9-10H,4-8H2,1-3H3/t9-,10+/m0/s1. The minimum Gasteiger partial charge on any atom is -0.344 e. The lowest BCUT2D eigenvalue weighted by atomic mass is 10.1. The Kier molecular flexibility index (Phi) is 4.84. The van der Waals surface area contributed by atoms with Crippen molar-refractivity contribution in [3.05, 3.63) is 0 Å². The number of alkyl halides is 3. The Hall–Kier alpha value is -0.290. The second kappa shape index (κ2) is 5.57. The van der Waals surface area contributed by atoms with Crippen LogP contribution in [0, 0.1) is 0 Å². The zero-order valence-corrected chi connectivity index (χ0v) is 10.6. The van der Waals surface area contributed by atoms with E-state index in [1.807, 2.05) is 0 Å². The highest BCUT2D eigenvalue weighted by Crippen LogP contribution is 2.39. The summed E-state index contributed by atoms with van der Waals surface area (Å²) in [6.45, 7) is 5.12. The highest BCUT2D eigenvalue weighted by atomic mass is 19.4. The minimum atomic E-state index is -4.34. The van der Waals surface area contributed by atoms with E-state index < -0.39 is 24.2 Å². The Labute approximate surface area is 100 Å². The lowest BCUT2D eigenvalue weighted by Crippen LogP contribution is -2.37. The summed E-state index contributed by atoms with van der Waals surface area (Å²) in [7, 11) is 0. The molecule has 1 aliphatic heterocycles. The Morgan fingerprint density at radius 1 is 1.06 bits per heavy atom. The first-order valence-electron chi connectivity index (χ1n) is 6.18. The lowest BCUT2D eigenvalue weighted by molar-refractivity contribution is -0.233. The summed E-state index contributed by atoms with van der Waals surface area (Å²) in [5.74, 6) is -1.13. The minimum absolute atomic E-state index is 0.410. The van der Waals surface area contributed by atoms with Crippen molar-refractivity contribution in [2.45, 2.75) is 77.0 Å². The van der Waals surface area contributed by atoms with Gasteiger partial charge in [-0.2, -0.15) is 13.2 Å². The van der Waals surface area contributed by atoms with Crippen LogP contribution in [0.5, 0.6) is 0 Å². The summed E-state index contributed by atoms with van der Waals surface area (Å²) in [5, 5.41) is 0. The van der Waals surface area contributed by atoms with Gasteiger partial charge >= 0.3 is 6.18 Å². The molecule has 17 heavy (non-hydrogen) atoms. The molecule has 1 saturated heterocycles. The number of hydrogen-bond acceptors (Lipinski definition) is 2. The zero-order chi connectivity index (χ0) is 13.1. The third kappa shape index (κ3) is 4.47. The van der Waals surface area contributed by atoms with E-state index in [1.165, 1.54) is 13.8 Å². The zero-order valence-electron chi connectivity index (χ0n) is 10.6. The van der Waals surface area contributed by atoms with Crippen molar-refractivity contribution in [1.82, 2.24) is 0 Å². The van der Waals surface area contributed by atoms with Crippen LogP contribution >= 0.6 is 0 Å². The van der Waals surface area contributed by atoms with Crippen LogP contribution < -0.4 is 0 Å². The van der Waals surface area contributed by atoms with E-state index in [1.54, 1.807) is 0 Å². The van der Waals surface area contributed by atoms with Gasteiger partial charge in [-0.15, -0.1) is 0 Å². The first kappa shape index (κ1) is 14.8. The highest BCUT2D eigenvalue weighted by Gasteiger charge is 2.54. The normalized spacial score (nSPS) is 28.6.